The van der Waals surface area contributed by atoms with Gasteiger partial charge in [-0.2, -0.15) is 0 Å². The number of nitrogens with one attached hydrogen (secondary N) is 1. The van der Waals surface area contributed by atoms with Gasteiger partial charge in [-0.15, -0.1) is 10.2 Å². The van der Waals surface area contributed by atoms with E-state index in [4.69, 9.17) is 0 Å². The summed E-state index contributed by atoms with van der Waals surface area (Å²) < 4.78 is 1.64. The number of hydrogen-bond donors (Lipinski definition) is 1. The van der Waals surface area contributed by atoms with Gasteiger partial charge in [-0.1, -0.05) is 47.5 Å². The molecule has 0 saturated heterocycles. The molecule has 23 heavy (non-hydrogen) atoms. The lowest BCUT2D eigenvalue weighted by Gasteiger charge is -2.12. The van der Waals surface area contributed by atoms with Crippen LogP contribution in [0, 0.1) is 13.8 Å². The molecule has 1 N–H and O–H groups in total. The van der Waals surface area contributed by atoms with Gasteiger partial charge in [-0.05, 0) is 26.0 Å². The summed E-state index contributed by atoms with van der Waals surface area (Å²) in [7, 11) is 0. The minimum absolute atomic E-state index is 0.143. The van der Waals surface area contributed by atoms with Crippen molar-refractivity contribution in [2.24, 2.45) is 0 Å². The molecule has 0 radical (unpaired) electrons. The second-order valence-electron chi connectivity index (χ2n) is 5.58. The highest BCUT2D eigenvalue weighted by Crippen LogP contribution is 2.20. The predicted octanol–water partition coefficient (Wildman–Crippen LogP) is 3.64. The number of Topliss-reactive ketones (excluding diaryl/α,β-unsaturated/α-hetero) is 1. The Hall–Kier alpha value is -2.95. The number of hydrogen-bond acceptors (Lipinski definition) is 4. The normalized spacial score (nSPS) is 10.6. The Kier molecular flexibility index (Phi) is 3.93. The molecule has 0 amide bonds. The quantitative estimate of drug-likeness (QED) is 0.748. The molecule has 0 fully saturated rings. The van der Waals surface area contributed by atoms with E-state index in [-0.39, 0.29) is 11.6 Å². The topological polar surface area (TPSA) is 59.8 Å². The van der Waals surface area contributed by atoms with Crippen molar-refractivity contribution in [3.63, 3.8) is 0 Å². The first-order chi connectivity index (χ1) is 11.0. The highest BCUT2D eigenvalue weighted by Gasteiger charge is 2.17. The molecule has 0 aliphatic heterocycles. The standard InChI is InChI=1S/C18H18N4O/c1-12-4-8-15(9-5-12)18-20-19-17(14(3)23)22(18)21-16-10-6-13(2)7-11-16/h4-11,21H,1-3H3. The molecule has 5 nitrogen and oxygen atoms in total. The molecule has 0 aliphatic carbocycles. The fourth-order valence-corrected chi connectivity index (χ4v) is 2.26. The van der Waals surface area contributed by atoms with Gasteiger partial charge < -0.3 is 0 Å². The van der Waals surface area contributed by atoms with Crippen molar-refractivity contribution >= 4 is 11.5 Å². The summed E-state index contributed by atoms with van der Waals surface area (Å²) >= 11 is 0. The molecule has 0 unspecified atom stereocenters. The Morgan fingerprint density at radius 2 is 1.48 bits per heavy atom. The Labute approximate surface area is 135 Å². The largest absolute Gasteiger partial charge is 0.291 e. The van der Waals surface area contributed by atoms with E-state index in [1.807, 2.05) is 62.4 Å². The van der Waals surface area contributed by atoms with Crippen molar-refractivity contribution in [1.82, 2.24) is 14.9 Å². The Bertz CT molecular complexity index is 832. The van der Waals surface area contributed by atoms with Gasteiger partial charge in [0.1, 0.15) is 0 Å². The molecule has 116 valence electrons. The lowest BCUT2D eigenvalue weighted by molar-refractivity contribution is 0.100. The van der Waals surface area contributed by atoms with E-state index in [1.165, 1.54) is 12.5 Å². The number of carbonyl (C=O) groups is 1. The molecule has 0 bridgehead atoms. The molecular weight excluding hydrogens is 288 g/mol. The zero-order valence-corrected chi connectivity index (χ0v) is 13.4. The first-order valence-corrected chi connectivity index (χ1v) is 7.41. The van der Waals surface area contributed by atoms with Crippen molar-refractivity contribution in [3.8, 4) is 11.4 Å². The molecule has 5 heteroatoms. The van der Waals surface area contributed by atoms with Crippen molar-refractivity contribution in [2.75, 3.05) is 5.43 Å². The highest BCUT2D eigenvalue weighted by molar-refractivity contribution is 5.91. The highest BCUT2D eigenvalue weighted by atomic mass is 16.1. The van der Waals surface area contributed by atoms with Crippen molar-refractivity contribution < 1.29 is 4.79 Å². The van der Waals surface area contributed by atoms with Crippen LogP contribution in [-0.4, -0.2) is 20.7 Å². The fraction of sp³-hybridized carbons (Fsp3) is 0.167. The number of anilines is 1. The van der Waals surface area contributed by atoms with Gasteiger partial charge in [0, 0.05) is 12.5 Å². The molecule has 3 aromatic rings. The zero-order valence-electron chi connectivity index (χ0n) is 13.4. The van der Waals surface area contributed by atoms with E-state index in [9.17, 15) is 4.79 Å². The van der Waals surface area contributed by atoms with Gasteiger partial charge in [-0.25, -0.2) is 4.68 Å². The van der Waals surface area contributed by atoms with E-state index in [1.54, 1.807) is 4.68 Å². The van der Waals surface area contributed by atoms with E-state index in [0.717, 1.165) is 16.8 Å². The van der Waals surface area contributed by atoms with E-state index in [2.05, 4.69) is 15.6 Å². The first kappa shape index (κ1) is 15.0. The number of benzene rings is 2. The monoisotopic (exact) mass is 306 g/mol. The number of rotatable bonds is 4. The van der Waals surface area contributed by atoms with Crippen molar-refractivity contribution in [3.05, 3.63) is 65.5 Å². The number of aryl methyl sites for hydroxylation is 2. The van der Waals surface area contributed by atoms with Crippen LogP contribution in [0.5, 0.6) is 0 Å². The molecule has 0 aliphatic rings. The Balaban J connectivity index is 2.05. The molecule has 0 atom stereocenters. The first-order valence-electron chi connectivity index (χ1n) is 7.41. The van der Waals surface area contributed by atoms with Gasteiger partial charge in [0.2, 0.25) is 5.82 Å². The number of aromatic nitrogens is 3. The fourth-order valence-electron chi connectivity index (χ4n) is 2.26. The molecule has 2 aromatic carbocycles. The predicted molar refractivity (Wildman–Crippen MR) is 90.4 cm³/mol. The third-order valence-corrected chi connectivity index (χ3v) is 3.58. The third kappa shape index (κ3) is 3.13. The van der Waals surface area contributed by atoms with Gasteiger partial charge in [0.25, 0.3) is 0 Å². The van der Waals surface area contributed by atoms with E-state index >= 15 is 0 Å². The number of ketones is 1. The SMILES string of the molecule is CC(=O)c1nnc(-c2ccc(C)cc2)n1Nc1ccc(C)cc1. The third-order valence-electron chi connectivity index (χ3n) is 3.58. The van der Waals surface area contributed by atoms with Gasteiger partial charge >= 0.3 is 0 Å². The van der Waals surface area contributed by atoms with Gasteiger partial charge in [0.15, 0.2) is 11.6 Å². The maximum Gasteiger partial charge on any atom is 0.219 e. The summed E-state index contributed by atoms with van der Waals surface area (Å²) in [4.78, 5) is 11.8. The molecule has 1 aromatic heterocycles. The smallest absolute Gasteiger partial charge is 0.219 e. The van der Waals surface area contributed by atoms with E-state index in [0.29, 0.717) is 5.82 Å². The Morgan fingerprint density at radius 3 is 2.04 bits per heavy atom. The molecular formula is C18H18N4O. The lowest BCUT2D eigenvalue weighted by atomic mass is 10.1. The lowest BCUT2D eigenvalue weighted by Crippen LogP contribution is -2.16. The van der Waals surface area contributed by atoms with Crippen LogP contribution in [-0.2, 0) is 0 Å². The Morgan fingerprint density at radius 1 is 0.913 bits per heavy atom. The summed E-state index contributed by atoms with van der Waals surface area (Å²) in [5.74, 6) is 0.743. The van der Waals surface area contributed by atoms with Crippen LogP contribution in [0.4, 0.5) is 5.69 Å². The maximum absolute atomic E-state index is 11.8. The van der Waals surface area contributed by atoms with Gasteiger partial charge in [-0.3, -0.25) is 10.2 Å². The number of nitrogens with zero attached hydrogens (tertiary/aromatic N) is 3. The molecule has 0 spiro atoms. The van der Waals surface area contributed by atoms with Crippen LogP contribution < -0.4 is 5.43 Å². The molecule has 0 saturated carbocycles. The second-order valence-corrected chi connectivity index (χ2v) is 5.58. The van der Waals surface area contributed by atoms with Crippen LogP contribution in [0.15, 0.2) is 48.5 Å². The minimum Gasteiger partial charge on any atom is -0.291 e. The van der Waals surface area contributed by atoms with Crippen LogP contribution in [0.2, 0.25) is 0 Å². The second kappa shape index (κ2) is 6.04. The van der Waals surface area contributed by atoms with Crippen LogP contribution in [0.3, 0.4) is 0 Å². The number of carbonyl (C=O) groups excluding carboxylic acids is 1. The summed E-state index contributed by atoms with van der Waals surface area (Å²) in [6.45, 7) is 5.54. The molecule has 3 rings (SSSR count). The van der Waals surface area contributed by atoms with E-state index < -0.39 is 0 Å². The average Bonchev–Trinajstić information content (AvgIpc) is 2.94. The summed E-state index contributed by atoms with van der Waals surface area (Å²) in [5, 5.41) is 8.21. The van der Waals surface area contributed by atoms with Crippen molar-refractivity contribution in [2.45, 2.75) is 20.8 Å². The zero-order chi connectivity index (χ0) is 16.4. The average molecular weight is 306 g/mol. The maximum atomic E-state index is 11.8. The van der Waals surface area contributed by atoms with Crippen molar-refractivity contribution in [1.29, 1.82) is 0 Å². The molecule has 1 heterocycles. The van der Waals surface area contributed by atoms with Gasteiger partial charge in [0.05, 0.1) is 5.69 Å². The van der Waals surface area contributed by atoms with Crippen LogP contribution in [0.1, 0.15) is 28.7 Å². The summed E-state index contributed by atoms with van der Waals surface area (Å²) in [5.41, 5.74) is 7.31. The van der Waals surface area contributed by atoms with Crippen LogP contribution in [0.25, 0.3) is 11.4 Å². The summed E-state index contributed by atoms with van der Waals surface area (Å²) in [6.07, 6.45) is 0. The minimum atomic E-state index is -0.143. The summed E-state index contributed by atoms with van der Waals surface area (Å²) in [6, 6.07) is 15.9. The van der Waals surface area contributed by atoms with Crippen LogP contribution >= 0.6 is 0 Å².